The van der Waals surface area contributed by atoms with E-state index in [1.807, 2.05) is 30.3 Å². The number of carbonyl (C=O) groups is 1. The molecule has 1 heterocycles. The van der Waals surface area contributed by atoms with Gasteiger partial charge in [0.25, 0.3) is 5.91 Å². The standard InChI is InChI=1S/C18H18N2O5/c1-23-15-8-7-13(18-19-14(11-25-18)17(21)20-22)9-16(15)24-10-12-5-3-2-4-6-12/h2-9,14,22H,10-11H2,1H3,(H,20,21)/t14-/m1/s1. The summed E-state index contributed by atoms with van der Waals surface area (Å²) >= 11 is 0. The Labute approximate surface area is 144 Å². The van der Waals surface area contributed by atoms with Crippen molar-refractivity contribution in [3.8, 4) is 11.5 Å². The summed E-state index contributed by atoms with van der Waals surface area (Å²) in [7, 11) is 1.57. The summed E-state index contributed by atoms with van der Waals surface area (Å²) in [5.74, 6) is 0.845. The monoisotopic (exact) mass is 342 g/mol. The zero-order valence-electron chi connectivity index (χ0n) is 13.6. The molecule has 0 saturated carbocycles. The lowest BCUT2D eigenvalue weighted by Gasteiger charge is -2.12. The maximum atomic E-state index is 11.4. The minimum Gasteiger partial charge on any atom is -0.493 e. The molecule has 7 nitrogen and oxygen atoms in total. The number of ether oxygens (including phenoxy) is 3. The van der Waals surface area contributed by atoms with E-state index in [2.05, 4.69) is 4.99 Å². The highest BCUT2D eigenvalue weighted by molar-refractivity contribution is 5.98. The molecule has 1 atom stereocenters. The molecule has 0 aliphatic carbocycles. The van der Waals surface area contributed by atoms with Crippen LogP contribution < -0.4 is 15.0 Å². The predicted octanol–water partition coefficient (Wildman–Crippen LogP) is 1.92. The molecule has 1 aliphatic heterocycles. The molecule has 25 heavy (non-hydrogen) atoms. The highest BCUT2D eigenvalue weighted by Gasteiger charge is 2.26. The maximum Gasteiger partial charge on any atom is 0.271 e. The van der Waals surface area contributed by atoms with E-state index in [0.29, 0.717) is 29.6 Å². The van der Waals surface area contributed by atoms with Crippen molar-refractivity contribution in [3.63, 3.8) is 0 Å². The molecule has 0 saturated heterocycles. The minimum atomic E-state index is -0.768. The van der Waals surface area contributed by atoms with Crippen LogP contribution in [0.25, 0.3) is 0 Å². The summed E-state index contributed by atoms with van der Waals surface area (Å²) in [5.41, 5.74) is 3.27. The molecule has 0 aromatic heterocycles. The first-order chi connectivity index (χ1) is 12.2. The molecule has 0 fully saturated rings. The van der Waals surface area contributed by atoms with E-state index >= 15 is 0 Å². The van der Waals surface area contributed by atoms with Crippen molar-refractivity contribution in [2.24, 2.45) is 4.99 Å². The van der Waals surface area contributed by atoms with E-state index in [-0.39, 0.29) is 6.61 Å². The second kappa shape index (κ2) is 7.67. The van der Waals surface area contributed by atoms with E-state index in [1.165, 1.54) is 0 Å². The summed E-state index contributed by atoms with van der Waals surface area (Å²) in [5, 5.41) is 8.68. The van der Waals surface area contributed by atoms with Crippen molar-refractivity contribution in [1.29, 1.82) is 0 Å². The van der Waals surface area contributed by atoms with Gasteiger partial charge in [0.2, 0.25) is 5.90 Å². The lowest BCUT2D eigenvalue weighted by molar-refractivity contribution is -0.130. The lowest BCUT2D eigenvalue weighted by Crippen LogP contribution is -2.31. The third-order valence-electron chi connectivity index (χ3n) is 3.71. The van der Waals surface area contributed by atoms with Gasteiger partial charge in [-0.3, -0.25) is 10.0 Å². The Hall–Kier alpha value is -3.06. The van der Waals surface area contributed by atoms with Crippen molar-refractivity contribution >= 4 is 11.8 Å². The van der Waals surface area contributed by atoms with Gasteiger partial charge in [-0.2, -0.15) is 0 Å². The number of hydroxylamine groups is 1. The van der Waals surface area contributed by atoms with Gasteiger partial charge in [0.05, 0.1) is 7.11 Å². The molecule has 130 valence electrons. The molecule has 1 aliphatic rings. The summed E-state index contributed by atoms with van der Waals surface area (Å²) in [6.45, 7) is 0.470. The Bertz CT molecular complexity index is 776. The number of rotatable bonds is 6. The van der Waals surface area contributed by atoms with E-state index in [0.717, 1.165) is 5.56 Å². The predicted molar refractivity (Wildman–Crippen MR) is 90.0 cm³/mol. The number of nitrogens with one attached hydrogen (secondary N) is 1. The fourth-order valence-electron chi connectivity index (χ4n) is 2.40. The van der Waals surface area contributed by atoms with Crippen LogP contribution in [0.5, 0.6) is 11.5 Å². The van der Waals surface area contributed by atoms with Gasteiger partial charge in [-0.05, 0) is 23.8 Å². The number of amides is 1. The number of benzene rings is 2. The topological polar surface area (TPSA) is 89.4 Å². The zero-order valence-corrected chi connectivity index (χ0v) is 13.6. The lowest BCUT2D eigenvalue weighted by atomic mass is 10.2. The van der Waals surface area contributed by atoms with Crippen LogP contribution >= 0.6 is 0 Å². The zero-order chi connectivity index (χ0) is 17.6. The van der Waals surface area contributed by atoms with Crippen LogP contribution in [0.15, 0.2) is 53.5 Å². The van der Waals surface area contributed by atoms with Gasteiger partial charge in [0.1, 0.15) is 13.2 Å². The number of hydrogen-bond acceptors (Lipinski definition) is 6. The van der Waals surface area contributed by atoms with Crippen LogP contribution in [-0.4, -0.2) is 36.8 Å². The second-order valence-electron chi connectivity index (χ2n) is 5.38. The van der Waals surface area contributed by atoms with E-state index in [1.54, 1.807) is 30.8 Å². The Morgan fingerprint density at radius 3 is 2.80 bits per heavy atom. The Balaban J connectivity index is 1.79. The minimum absolute atomic E-state index is 0.0773. The Morgan fingerprint density at radius 1 is 1.28 bits per heavy atom. The Morgan fingerprint density at radius 2 is 2.08 bits per heavy atom. The molecular formula is C18H18N2O5. The average Bonchev–Trinajstić information content (AvgIpc) is 3.16. The normalized spacial score (nSPS) is 15.9. The van der Waals surface area contributed by atoms with Gasteiger partial charge in [0.15, 0.2) is 17.5 Å². The fraction of sp³-hybridized carbons (Fsp3) is 0.222. The molecule has 0 unspecified atom stereocenters. The maximum absolute atomic E-state index is 11.4. The van der Waals surface area contributed by atoms with Crippen LogP contribution in [0.4, 0.5) is 0 Å². The van der Waals surface area contributed by atoms with Gasteiger partial charge >= 0.3 is 0 Å². The van der Waals surface area contributed by atoms with E-state index in [9.17, 15) is 4.79 Å². The summed E-state index contributed by atoms with van der Waals surface area (Å²) in [6.07, 6.45) is 0. The van der Waals surface area contributed by atoms with Crippen LogP contribution in [0.1, 0.15) is 11.1 Å². The van der Waals surface area contributed by atoms with Crippen LogP contribution in [-0.2, 0) is 16.1 Å². The molecule has 0 spiro atoms. The van der Waals surface area contributed by atoms with Crippen molar-refractivity contribution in [1.82, 2.24) is 5.48 Å². The summed E-state index contributed by atoms with van der Waals surface area (Å²) in [6, 6.07) is 14.3. The van der Waals surface area contributed by atoms with Crippen LogP contribution in [0.3, 0.4) is 0 Å². The molecular weight excluding hydrogens is 324 g/mol. The molecule has 2 aromatic carbocycles. The Kier molecular flexibility index (Phi) is 5.15. The van der Waals surface area contributed by atoms with Gasteiger partial charge in [-0.25, -0.2) is 10.5 Å². The summed E-state index contributed by atoms with van der Waals surface area (Å²) < 4.78 is 16.6. The van der Waals surface area contributed by atoms with Crippen molar-refractivity contribution in [3.05, 3.63) is 59.7 Å². The average molecular weight is 342 g/mol. The second-order valence-corrected chi connectivity index (χ2v) is 5.38. The first-order valence-corrected chi connectivity index (χ1v) is 7.71. The summed E-state index contributed by atoms with van der Waals surface area (Å²) in [4.78, 5) is 15.6. The van der Waals surface area contributed by atoms with E-state index in [4.69, 9.17) is 19.4 Å². The fourth-order valence-corrected chi connectivity index (χ4v) is 2.40. The highest BCUT2D eigenvalue weighted by atomic mass is 16.5. The molecule has 2 aromatic rings. The van der Waals surface area contributed by atoms with Crippen LogP contribution in [0.2, 0.25) is 0 Å². The number of methoxy groups -OCH3 is 1. The first-order valence-electron chi connectivity index (χ1n) is 7.71. The molecule has 7 heteroatoms. The number of aliphatic imine (C=N–C) groups is 1. The third-order valence-corrected chi connectivity index (χ3v) is 3.71. The third kappa shape index (κ3) is 3.89. The number of hydrogen-bond donors (Lipinski definition) is 2. The highest BCUT2D eigenvalue weighted by Crippen LogP contribution is 2.30. The molecule has 2 N–H and O–H groups in total. The molecule has 3 rings (SSSR count). The van der Waals surface area contributed by atoms with Gasteiger partial charge < -0.3 is 14.2 Å². The van der Waals surface area contributed by atoms with Crippen LogP contribution in [0, 0.1) is 0 Å². The quantitative estimate of drug-likeness (QED) is 0.618. The van der Waals surface area contributed by atoms with Crippen molar-refractivity contribution < 1.29 is 24.2 Å². The smallest absolute Gasteiger partial charge is 0.271 e. The van der Waals surface area contributed by atoms with Gasteiger partial charge in [-0.1, -0.05) is 30.3 Å². The van der Waals surface area contributed by atoms with Gasteiger partial charge in [0, 0.05) is 5.56 Å². The van der Waals surface area contributed by atoms with Crippen molar-refractivity contribution in [2.45, 2.75) is 12.6 Å². The number of nitrogens with zero attached hydrogens (tertiary/aromatic N) is 1. The largest absolute Gasteiger partial charge is 0.493 e. The molecule has 1 amide bonds. The van der Waals surface area contributed by atoms with Crippen molar-refractivity contribution in [2.75, 3.05) is 13.7 Å². The SMILES string of the molecule is COc1ccc(C2=N[C@@H](C(=O)NO)CO2)cc1OCc1ccccc1. The van der Waals surface area contributed by atoms with E-state index < -0.39 is 11.9 Å². The number of carbonyl (C=O) groups excluding carboxylic acids is 1. The molecule has 0 radical (unpaired) electrons. The molecule has 0 bridgehead atoms. The van der Waals surface area contributed by atoms with Gasteiger partial charge in [-0.15, -0.1) is 0 Å². The first kappa shape index (κ1) is 16.8.